The molecule has 0 aliphatic heterocycles. The third kappa shape index (κ3) is 4.17. The van der Waals surface area contributed by atoms with Crippen molar-refractivity contribution < 1.29 is 9.84 Å². The van der Waals surface area contributed by atoms with Crippen LogP contribution in [0, 0.1) is 0 Å². The highest BCUT2D eigenvalue weighted by Gasteiger charge is 2.09. The van der Waals surface area contributed by atoms with Gasteiger partial charge in [0.05, 0.1) is 18.5 Å². The van der Waals surface area contributed by atoms with Crippen LogP contribution >= 0.6 is 0 Å². The van der Waals surface area contributed by atoms with Gasteiger partial charge in [0.25, 0.3) is 0 Å². The fourth-order valence-corrected chi connectivity index (χ4v) is 1.10. The first-order valence-electron chi connectivity index (χ1n) is 5.06. The van der Waals surface area contributed by atoms with Crippen molar-refractivity contribution in [3.8, 4) is 0 Å². The predicted molar refractivity (Wildman–Crippen MR) is 62.3 cm³/mol. The molecule has 82 valence electrons. The Hall–Kier alpha value is -1.28. The smallest absolute Gasteiger partial charge is 0.0998 e. The van der Waals surface area contributed by atoms with E-state index in [0.29, 0.717) is 0 Å². The van der Waals surface area contributed by atoms with Gasteiger partial charge in [-0.3, -0.25) is 0 Å². The van der Waals surface area contributed by atoms with Crippen LogP contribution in [0.4, 0.5) is 0 Å². The molecule has 0 aromatic heterocycles. The van der Waals surface area contributed by atoms with Gasteiger partial charge in [-0.2, -0.15) is 0 Å². The number of hydrogen-bond donors (Lipinski definition) is 1. The Kier molecular flexibility index (Phi) is 3.92. The fourth-order valence-electron chi connectivity index (χ4n) is 1.10. The second-order valence-electron chi connectivity index (χ2n) is 4.40. The molecular weight excluding hydrogens is 188 g/mol. The topological polar surface area (TPSA) is 29.5 Å². The molecule has 0 fully saturated rings. The Morgan fingerprint density at radius 1 is 1.27 bits per heavy atom. The molecule has 0 atom stereocenters. The molecular formula is C13H18O2. The third-order valence-electron chi connectivity index (χ3n) is 1.87. The molecule has 1 aromatic carbocycles. The molecule has 0 radical (unpaired) electrons. The molecule has 0 spiro atoms. The van der Waals surface area contributed by atoms with Crippen molar-refractivity contribution in [1.82, 2.24) is 0 Å². The zero-order chi connectivity index (χ0) is 11.3. The fraction of sp³-hybridized carbons (Fsp3) is 0.385. The first-order chi connectivity index (χ1) is 7.03. The van der Waals surface area contributed by atoms with Gasteiger partial charge in [0.2, 0.25) is 0 Å². The summed E-state index contributed by atoms with van der Waals surface area (Å²) in [5.74, 6) is 0. The lowest BCUT2D eigenvalue weighted by atomic mass is 10.1. The molecule has 0 bridgehead atoms. The lowest BCUT2D eigenvalue weighted by Crippen LogP contribution is -2.15. The van der Waals surface area contributed by atoms with E-state index in [0.717, 1.165) is 11.1 Å². The van der Waals surface area contributed by atoms with E-state index in [4.69, 9.17) is 4.74 Å². The highest BCUT2D eigenvalue weighted by molar-refractivity contribution is 5.65. The molecule has 1 aromatic rings. The summed E-state index contributed by atoms with van der Waals surface area (Å²) in [6.45, 7) is 5.91. The molecule has 0 aliphatic carbocycles. The van der Waals surface area contributed by atoms with Gasteiger partial charge in [0.15, 0.2) is 0 Å². The Bertz CT molecular complexity index is 320. The largest absolute Gasteiger partial charge is 0.495 e. The van der Waals surface area contributed by atoms with Gasteiger partial charge in [-0.05, 0) is 26.3 Å². The van der Waals surface area contributed by atoms with Crippen molar-refractivity contribution >= 4 is 5.57 Å². The van der Waals surface area contributed by atoms with E-state index in [1.165, 1.54) is 0 Å². The van der Waals surface area contributed by atoms with Crippen LogP contribution in [-0.4, -0.2) is 17.3 Å². The van der Waals surface area contributed by atoms with Crippen LogP contribution in [0.15, 0.2) is 36.6 Å². The van der Waals surface area contributed by atoms with Gasteiger partial charge in [0, 0.05) is 5.57 Å². The molecule has 0 unspecified atom stereocenters. The van der Waals surface area contributed by atoms with Crippen molar-refractivity contribution in [3.63, 3.8) is 0 Å². The van der Waals surface area contributed by atoms with Crippen LogP contribution in [0.5, 0.6) is 0 Å². The van der Waals surface area contributed by atoms with Crippen molar-refractivity contribution in [3.05, 3.63) is 42.2 Å². The van der Waals surface area contributed by atoms with E-state index < -0.39 is 0 Å². The van der Waals surface area contributed by atoms with E-state index >= 15 is 0 Å². The van der Waals surface area contributed by atoms with E-state index in [-0.39, 0.29) is 12.2 Å². The average molecular weight is 206 g/mol. The molecule has 0 heterocycles. The van der Waals surface area contributed by atoms with Crippen LogP contribution in [0.2, 0.25) is 0 Å². The van der Waals surface area contributed by atoms with Crippen LogP contribution in [-0.2, 0) is 4.74 Å². The minimum Gasteiger partial charge on any atom is -0.495 e. The van der Waals surface area contributed by atoms with Crippen LogP contribution in [0.25, 0.3) is 5.57 Å². The Balaban J connectivity index is 2.81. The van der Waals surface area contributed by atoms with Crippen LogP contribution < -0.4 is 0 Å². The molecule has 0 amide bonds. The molecule has 2 nitrogen and oxygen atoms in total. The van der Waals surface area contributed by atoms with E-state index in [9.17, 15) is 5.11 Å². The Labute approximate surface area is 91.2 Å². The van der Waals surface area contributed by atoms with Gasteiger partial charge in [-0.1, -0.05) is 30.3 Å². The van der Waals surface area contributed by atoms with Crippen molar-refractivity contribution in [2.24, 2.45) is 0 Å². The van der Waals surface area contributed by atoms with E-state index in [1.54, 1.807) is 6.26 Å². The van der Waals surface area contributed by atoms with Crippen molar-refractivity contribution in [1.29, 1.82) is 0 Å². The minimum absolute atomic E-state index is 0.0138. The predicted octanol–water partition coefficient (Wildman–Crippen LogP) is 2.83. The summed E-state index contributed by atoms with van der Waals surface area (Å²) in [5.41, 5.74) is 1.56. The summed E-state index contributed by atoms with van der Waals surface area (Å²) in [6, 6.07) is 9.73. The quantitative estimate of drug-likeness (QED) is 0.770. The minimum atomic E-state index is -0.227. The van der Waals surface area contributed by atoms with Gasteiger partial charge in [-0.25, -0.2) is 0 Å². The molecule has 1 N–H and O–H groups in total. The molecule has 2 heteroatoms. The molecule has 0 saturated carbocycles. The van der Waals surface area contributed by atoms with Gasteiger partial charge in [-0.15, -0.1) is 0 Å². The number of aliphatic hydroxyl groups excluding tert-OH is 1. The summed E-state index contributed by atoms with van der Waals surface area (Å²) in [4.78, 5) is 0. The zero-order valence-electron chi connectivity index (χ0n) is 9.53. The SMILES string of the molecule is CC(C)(C)O/C=C(\CO)c1ccccc1. The number of rotatable bonds is 3. The monoisotopic (exact) mass is 206 g/mol. The molecule has 1 rings (SSSR count). The number of ether oxygens (including phenoxy) is 1. The van der Waals surface area contributed by atoms with Crippen LogP contribution in [0.3, 0.4) is 0 Å². The van der Waals surface area contributed by atoms with Crippen LogP contribution in [0.1, 0.15) is 26.3 Å². The maximum absolute atomic E-state index is 9.23. The summed E-state index contributed by atoms with van der Waals surface area (Å²) in [6.07, 6.45) is 1.63. The number of benzene rings is 1. The van der Waals surface area contributed by atoms with Crippen molar-refractivity contribution in [2.75, 3.05) is 6.61 Å². The summed E-state index contributed by atoms with van der Waals surface area (Å²) in [5, 5.41) is 9.23. The Morgan fingerprint density at radius 2 is 1.87 bits per heavy atom. The summed E-state index contributed by atoms with van der Waals surface area (Å²) >= 11 is 0. The maximum atomic E-state index is 9.23. The molecule has 15 heavy (non-hydrogen) atoms. The first kappa shape index (κ1) is 11.8. The van der Waals surface area contributed by atoms with Crippen molar-refractivity contribution in [2.45, 2.75) is 26.4 Å². The van der Waals surface area contributed by atoms with Gasteiger partial charge in [0.1, 0.15) is 0 Å². The maximum Gasteiger partial charge on any atom is 0.0998 e. The average Bonchev–Trinajstić information content (AvgIpc) is 2.19. The van der Waals surface area contributed by atoms with Gasteiger partial charge >= 0.3 is 0 Å². The second-order valence-corrected chi connectivity index (χ2v) is 4.40. The third-order valence-corrected chi connectivity index (χ3v) is 1.87. The Morgan fingerprint density at radius 3 is 2.33 bits per heavy atom. The second kappa shape index (κ2) is 4.99. The highest BCUT2D eigenvalue weighted by atomic mass is 16.5. The van der Waals surface area contributed by atoms with E-state index in [2.05, 4.69) is 0 Å². The normalized spacial score (nSPS) is 12.7. The van der Waals surface area contributed by atoms with E-state index in [1.807, 2.05) is 51.1 Å². The first-order valence-corrected chi connectivity index (χ1v) is 5.06. The number of aliphatic hydroxyl groups is 1. The standard InChI is InChI=1S/C13H18O2/c1-13(2,3)15-10-12(9-14)11-7-5-4-6-8-11/h4-8,10,14H,9H2,1-3H3/b12-10+. The number of hydrogen-bond acceptors (Lipinski definition) is 2. The highest BCUT2D eigenvalue weighted by Crippen LogP contribution is 2.16. The summed E-state index contributed by atoms with van der Waals surface area (Å²) < 4.78 is 5.51. The molecule has 0 saturated heterocycles. The summed E-state index contributed by atoms with van der Waals surface area (Å²) in [7, 11) is 0. The molecule has 0 aliphatic rings. The lowest BCUT2D eigenvalue weighted by molar-refractivity contribution is 0.0768. The lowest BCUT2D eigenvalue weighted by Gasteiger charge is -2.19. The van der Waals surface area contributed by atoms with Gasteiger partial charge < -0.3 is 9.84 Å². The zero-order valence-corrected chi connectivity index (χ0v) is 9.53.